The molecule has 0 atom stereocenters. The van der Waals surface area contributed by atoms with Gasteiger partial charge in [0.1, 0.15) is 0 Å². The van der Waals surface area contributed by atoms with Crippen LogP contribution in [0, 0.1) is 5.92 Å². The molecule has 0 aliphatic carbocycles. The molecule has 7 nitrogen and oxygen atoms in total. The molecule has 0 saturated carbocycles. The van der Waals surface area contributed by atoms with Crippen LogP contribution in [0.1, 0.15) is 32.6 Å². The number of furan rings is 1. The van der Waals surface area contributed by atoms with E-state index in [1.54, 1.807) is 18.4 Å². The van der Waals surface area contributed by atoms with Crippen LogP contribution in [-0.4, -0.2) is 52.0 Å². The van der Waals surface area contributed by atoms with Gasteiger partial charge in [-0.3, -0.25) is 9.69 Å². The van der Waals surface area contributed by atoms with Crippen molar-refractivity contribution in [1.82, 2.24) is 19.9 Å². The van der Waals surface area contributed by atoms with Gasteiger partial charge < -0.3 is 13.8 Å². The Balaban J connectivity index is 1.52. The predicted octanol–water partition coefficient (Wildman–Crippen LogP) is 2.41. The number of hydrogen-bond acceptors (Lipinski definition) is 6. The van der Waals surface area contributed by atoms with Gasteiger partial charge in [0.15, 0.2) is 5.76 Å². The van der Waals surface area contributed by atoms with Crippen LogP contribution in [0.25, 0.3) is 11.6 Å². The van der Waals surface area contributed by atoms with Crippen molar-refractivity contribution < 1.29 is 13.7 Å². The zero-order chi connectivity index (χ0) is 17.1. The molecule has 1 saturated heterocycles. The predicted molar refractivity (Wildman–Crippen MR) is 87.9 cm³/mol. The molecule has 0 unspecified atom stereocenters. The zero-order valence-corrected chi connectivity index (χ0v) is 14.4. The van der Waals surface area contributed by atoms with Crippen LogP contribution in [0.2, 0.25) is 0 Å². The molecular formula is C17H24N4O3. The summed E-state index contributed by atoms with van der Waals surface area (Å²) in [5, 5.41) is 3.94. The van der Waals surface area contributed by atoms with Crippen LogP contribution in [0.4, 0.5) is 0 Å². The van der Waals surface area contributed by atoms with Crippen molar-refractivity contribution in [2.24, 2.45) is 5.92 Å². The molecule has 24 heavy (non-hydrogen) atoms. The van der Waals surface area contributed by atoms with Crippen molar-refractivity contribution in [2.45, 2.75) is 39.3 Å². The smallest absolute Gasteiger partial charge is 0.241 e. The fourth-order valence-electron chi connectivity index (χ4n) is 2.90. The van der Waals surface area contributed by atoms with E-state index in [1.807, 2.05) is 25.8 Å². The van der Waals surface area contributed by atoms with Gasteiger partial charge >= 0.3 is 0 Å². The highest BCUT2D eigenvalue weighted by atomic mass is 16.5. The number of aromatic nitrogens is 2. The fraction of sp³-hybridized carbons (Fsp3) is 0.588. The Bertz CT molecular complexity index is 657. The largest absolute Gasteiger partial charge is 0.461 e. The summed E-state index contributed by atoms with van der Waals surface area (Å²) in [6.45, 7) is 6.41. The fourth-order valence-corrected chi connectivity index (χ4v) is 2.90. The van der Waals surface area contributed by atoms with Gasteiger partial charge in [-0.2, -0.15) is 4.98 Å². The van der Waals surface area contributed by atoms with Crippen LogP contribution in [0.5, 0.6) is 0 Å². The summed E-state index contributed by atoms with van der Waals surface area (Å²) in [7, 11) is 1.88. The summed E-state index contributed by atoms with van der Waals surface area (Å²) in [5.74, 6) is 2.02. The van der Waals surface area contributed by atoms with Crippen molar-refractivity contribution in [1.29, 1.82) is 0 Å². The molecule has 3 rings (SSSR count). The van der Waals surface area contributed by atoms with E-state index in [2.05, 4.69) is 15.0 Å². The molecule has 2 aromatic rings. The molecule has 130 valence electrons. The monoisotopic (exact) mass is 332 g/mol. The van der Waals surface area contributed by atoms with Crippen LogP contribution in [-0.2, 0) is 11.3 Å². The number of nitrogens with zero attached hydrogens (tertiary/aromatic N) is 4. The van der Waals surface area contributed by atoms with Crippen LogP contribution >= 0.6 is 0 Å². The summed E-state index contributed by atoms with van der Waals surface area (Å²) in [6, 6.07) is 3.84. The molecule has 2 aromatic heterocycles. The lowest BCUT2D eigenvalue weighted by atomic mass is 9.95. The Morgan fingerprint density at radius 1 is 1.42 bits per heavy atom. The van der Waals surface area contributed by atoms with Crippen molar-refractivity contribution in [2.75, 3.05) is 20.1 Å². The SMILES string of the molecule is CC(C)N(C)C(=O)C1CCN(Cc2nc(-c3ccco3)no2)CC1. The molecule has 0 aromatic carbocycles. The molecule has 0 spiro atoms. The van der Waals surface area contributed by atoms with Gasteiger partial charge in [0.25, 0.3) is 0 Å². The maximum atomic E-state index is 12.4. The van der Waals surface area contributed by atoms with E-state index in [9.17, 15) is 4.79 Å². The molecular weight excluding hydrogens is 308 g/mol. The van der Waals surface area contributed by atoms with E-state index >= 15 is 0 Å². The second kappa shape index (κ2) is 7.17. The molecule has 1 amide bonds. The number of rotatable bonds is 5. The van der Waals surface area contributed by atoms with Crippen LogP contribution in [0.15, 0.2) is 27.3 Å². The summed E-state index contributed by atoms with van der Waals surface area (Å²) in [4.78, 5) is 20.8. The van der Waals surface area contributed by atoms with Gasteiger partial charge in [-0.15, -0.1) is 0 Å². The lowest BCUT2D eigenvalue weighted by Crippen LogP contribution is -2.43. The second-order valence-corrected chi connectivity index (χ2v) is 6.58. The van der Waals surface area contributed by atoms with Gasteiger partial charge in [0.05, 0.1) is 12.8 Å². The third-order valence-corrected chi connectivity index (χ3v) is 4.63. The standard InChI is InChI=1S/C17H24N4O3/c1-12(2)20(3)17(22)13-6-8-21(9-7-13)11-15-18-16(19-24-15)14-5-4-10-23-14/h4-5,10,12-13H,6-9,11H2,1-3H3. The van der Waals surface area contributed by atoms with Crippen molar-refractivity contribution >= 4 is 5.91 Å². The Kier molecular flexibility index (Phi) is 4.99. The highest BCUT2D eigenvalue weighted by molar-refractivity contribution is 5.78. The average Bonchev–Trinajstić information content (AvgIpc) is 3.25. The van der Waals surface area contributed by atoms with E-state index in [4.69, 9.17) is 8.94 Å². The Morgan fingerprint density at radius 3 is 2.79 bits per heavy atom. The first-order valence-corrected chi connectivity index (χ1v) is 8.40. The molecule has 0 radical (unpaired) electrons. The van der Waals surface area contributed by atoms with Gasteiger partial charge in [0.2, 0.25) is 17.6 Å². The summed E-state index contributed by atoms with van der Waals surface area (Å²) in [5.41, 5.74) is 0. The molecule has 1 aliphatic rings. The first kappa shape index (κ1) is 16.7. The van der Waals surface area contributed by atoms with Crippen molar-refractivity contribution in [3.8, 4) is 11.6 Å². The number of likely N-dealkylation sites (tertiary alicyclic amines) is 1. The van der Waals surface area contributed by atoms with E-state index in [0.717, 1.165) is 25.9 Å². The van der Waals surface area contributed by atoms with Gasteiger partial charge in [-0.1, -0.05) is 5.16 Å². The van der Waals surface area contributed by atoms with E-state index < -0.39 is 0 Å². The van der Waals surface area contributed by atoms with Crippen LogP contribution < -0.4 is 0 Å². The zero-order valence-electron chi connectivity index (χ0n) is 14.4. The number of carbonyl (C=O) groups excluding carboxylic acids is 1. The summed E-state index contributed by atoms with van der Waals surface area (Å²) < 4.78 is 10.6. The van der Waals surface area contributed by atoms with Gasteiger partial charge in [-0.05, 0) is 51.9 Å². The lowest BCUT2D eigenvalue weighted by Gasteiger charge is -2.33. The molecule has 7 heteroatoms. The summed E-state index contributed by atoms with van der Waals surface area (Å²) >= 11 is 0. The van der Waals surface area contributed by atoms with E-state index in [-0.39, 0.29) is 17.9 Å². The molecule has 1 aliphatic heterocycles. The van der Waals surface area contributed by atoms with Gasteiger partial charge in [-0.25, -0.2) is 0 Å². The Morgan fingerprint density at radius 2 is 2.17 bits per heavy atom. The van der Waals surface area contributed by atoms with E-state index in [0.29, 0.717) is 24.0 Å². The number of amides is 1. The molecule has 1 fully saturated rings. The highest BCUT2D eigenvalue weighted by Crippen LogP contribution is 2.22. The molecule has 0 bridgehead atoms. The molecule has 3 heterocycles. The average molecular weight is 332 g/mol. The Hall–Kier alpha value is -2.15. The van der Waals surface area contributed by atoms with E-state index in [1.165, 1.54) is 0 Å². The molecule has 0 N–H and O–H groups in total. The quantitative estimate of drug-likeness (QED) is 0.837. The highest BCUT2D eigenvalue weighted by Gasteiger charge is 2.28. The number of carbonyl (C=O) groups is 1. The first-order chi connectivity index (χ1) is 11.5. The minimum Gasteiger partial charge on any atom is -0.461 e. The maximum absolute atomic E-state index is 12.4. The first-order valence-electron chi connectivity index (χ1n) is 8.40. The second-order valence-electron chi connectivity index (χ2n) is 6.58. The maximum Gasteiger partial charge on any atom is 0.241 e. The van der Waals surface area contributed by atoms with Crippen LogP contribution in [0.3, 0.4) is 0 Å². The third kappa shape index (κ3) is 3.67. The van der Waals surface area contributed by atoms with Crippen molar-refractivity contribution in [3.63, 3.8) is 0 Å². The number of piperidine rings is 1. The van der Waals surface area contributed by atoms with Gasteiger partial charge in [0, 0.05) is 19.0 Å². The topological polar surface area (TPSA) is 75.6 Å². The number of hydrogen-bond donors (Lipinski definition) is 0. The normalized spacial score (nSPS) is 16.7. The third-order valence-electron chi connectivity index (χ3n) is 4.63. The minimum atomic E-state index is 0.120. The minimum absolute atomic E-state index is 0.120. The lowest BCUT2D eigenvalue weighted by molar-refractivity contribution is -0.137. The van der Waals surface area contributed by atoms with Crippen molar-refractivity contribution in [3.05, 3.63) is 24.3 Å². The summed E-state index contributed by atoms with van der Waals surface area (Å²) in [6.07, 6.45) is 3.32. The Labute approximate surface area is 141 Å².